The molecule has 0 atom stereocenters. The fourth-order valence-electron chi connectivity index (χ4n) is 3.12. The van der Waals surface area contributed by atoms with Gasteiger partial charge >= 0.3 is 0 Å². The van der Waals surface area contributed by atoms with Gasteiger partial charge in [-0.25, -0.2) is 0 Å². The standard InChI is InChI=1S/C17H24BrNO2/c1-20-16-5-2-13(10-15(16)18)11-17(6-8-21-9-7-17)12-19-14-3-4-14/h2,5,10,14,19H,3-4,6-9,11-12H2,1H3. The summed E-state index contributed by atoms with van der Waals surface area (Å²) < 4.78 is 12.0. The molecule has 1 aromatic rings. The molecule has 1 aromatic carbocycles. The molecule has 0 amide bonds. The Morgan fingerprint density at radius 2 is 2.10 bits per heavy atom. The summed E-state index contributed by atoms with van der Waals surface area (Å²) in [4.78, 5) is 0. The number of hydrogen-bond acceptors (Lipinski definition) is 3. The Morgan fingerprint density at radius 1 is 1.33 bits per heavy atom. The lowest BCUT2D eigenvalue weighted by atomic mass is 9.75. The molecule has 4 heteroatoms. The summed E-state index contributed by atoms with van der Waals surface area (Å²) in [5.41, 5.74) is 1.72. The average molecular weight is 354 g/mol. The summed E-state index contributed by atoms with van der Waals surface area (Å²) in [5, 5.41) is 3.73. The molecule has 1 heterocycles. The summed E-state index contributed by atoms with van der Waals surface area (Å²) in [6.45, 7) is 2.90. The molecule has 1 aliphatic carbocycles. The van der Waals surface area contributed by atoms with Gasteiger partial charge in [0.2, 0.25) is 0 Å². The zero-order valence-electron chi connectivity index (χ0n) is 12.7. The Balaban J connectivity index is 1.71. The first-order valence-electron chi connectivity index (χ1n) is 7.84. The topological polar surface area (TPSA) is 30.5 Å². The Labute approximate surface area is 135 Å². The Kier molecular flexibility index (Phi) is 4.87. The second-order valence-corrected chi connectivity index (χ2v) is 7.27. The van der Waals surface area contributed by atoms with Crippen LogP contribution in [0.25, 0.3) is 0 Å². The number of rotatable bonds is 6. The van der Waals surface area contributed by atoms with Crippen LogP contribution in [0.3, 0.4) is 0 Å². The fourth-order valence-corrected chi connectivity index (χ4v) is 3.71. The van der Waals surface area contributed by atoms with E-state index in [4.69, 9.17) is 9.47 Å². The van der Waals surface area contributed by atoms with Gasteiger partial charge in [0.25, 0.3) is 0 Å². The molecular formula is C17H24BrNO2. The average Bonchev–Trinajstić information content (AvgIpc) is 3.31. The first-order chi connectivity index (χ1) is 10.2. The number of hydrogen-bond donors (Lipinski definition) is 1. The lowest BCUT2D eigenvalue weighted by Gasteiger charge is -2.38. The van der Waals surface area contributed by atoms with Gasteiger partial charge in [-0.2, -0.15) is 0 Å². The highest BCUT2D eigenvalue weighted by molar-refractivity contribution is 9.10. The van der Waals surface area contributed by atoms with E-state index in [9.17, 15) is 0 Å². The second kappa shape index (κ2) is 6.67. The van der Waals surface area contributed by atoms with E-state index in [0.717, 1.165) is 55.3 Å². The van der Waals surface area contributed by atoms with Gasteiger partial charge in [-0.1, -0.05) is 6.07 Å². The molecule has 0 aromatic heterocycles. The van der Waals surface area contributed by atoms with Crippen LogP contribution in [0.15, 0.2) is 22.7 Å². The Hall–Kier alpha value is -0.580. The highest BCUT2D eigenvalue weighted by atomic mass is 79.9. The summed E-state index contributed by atoms with van der Waals surface area (Å²) >= 11 is 3.60. The molecule has 1 aliphatic heterocycles. The van der Waals surface area contributed by atoms with E-state index >= 15 is 0 Å². The molecule has 0 bridgehead atoms. The summed E-state index contributed by atoms with van der Waals surface area (Å²) in [6.07, 6.45) is 6.10. The largest absolute Gasteiger partial charge is 0.496 e. The van der Waals surface area contributed by atoms with E-state index in [-0.39, 0.29) is 0 Å². The Morgan fingerprint density at radius 3 is 2.71 bits per heavy atom. The van der Waals surface area contributed by atoms with E-state index in [1.165, 1.54) is 18.4 Å². The quantitative estimate of drug-likeness (QED) is 0.848. The molecule has 3 nitrogen and oxygen atoms in total. The van der Waals surface area contributed by atoms with Crippen molar-refractivity contribution < 1.29 is 9.47 Å². The van der Waals surface area contributed by atoms with Gasteiger partial charge in [-0.15, -0.1) is 0 Å². The van der Waals surface area contributed by atoms with Crippen molar-refractivity contribution in [2.75, 3.05) is 26.9 Å². The normalized spacial score (nSPS) is 21.2. The molecular weight excluding hydrogens is 330 g/mol. The third kappa shape index (κ3) is 3.99. The minimum Gasteiger partial charge on any atom is -0.496 e. The molecule has 2 fully saturated rings. The molecule has 21 heavy (non-hydrogen) atoms. The molecule has 0 radical (unpaired) electrons. The molecule has 0 spiro atoms. The van der Waals surface area contributed by atoms with Crippen LogP contribution >= 0.6 is 15.9 Å². The van der Waals surface area contributed by atoms with Gasteiger partial charge in [0.05, 0.1) is 11.6 Å². The van der Waals surface area contributed by atoms with Gasteiger partial charge in [-0.05, 0) is 71.1 Å². The number of ether oxygens (including phenoxy) is 2. The predicted molar refractivity (Wildman–Crippen MR) is 87.9 cm³/mol. The zero-order valence-corrected chi connectivity index (χ0v) is 14.2. The number of halogens is 1. The minimum absolute atomic E-state index is 0.342. The van der Waals surface area contributed by atoms with Gasteiger partial charge in [-0.3, -0.25) is 0 Å². The monoisotopic (exact) mass is 353 g/mol. The summed E-state index contributed by atoms with van der Waals surface area (Å²) in [5.74, 6) is 0.899. The van der Waals surface area contributed by atoms with E-state index in [0.29, 0.717) is 5.41 Å². The SMILES string of the molecule is COc1ccc(CC2(CNC3CC3)CCOCC2)cc1Br. The van der Waals surface area contributed by atoms with Crippen molar-refractivity contribution in [2.45, 2.75) is 38.1 Å². The maximum Gasteiger partial charge on any atom is 0.133 e. The molecule has 116 valence electrons. The number of nitrogens with one attached hydrogen (secondary N) is 1. The molecule has 1 N–H and O–H groups in total. The van der Waals surface area contributed by atoms with E-state index in [1.807, 2.05) is 0 Å². The lowest BCUT2D eigenvalue weighted by molar-refractivity contribution is 0.0147. The predicted octanol–water partition coefficient (Wildman–Crippen LogP) is 3.55. The van der Waals surface area contributed by atoms with Crippen molar-refractivity contribution in [1.29, 1.82) is 0 Å². The van der Waals surface area contributed by atoms with Crippen LogP contribution in [0, 0.1) is 5.41 Å². The van der Waals surface area contributed by atoms with Crippen LogP contribution in [0.4, 0.5) is 0 Å². The van der Waals surface area contributed by atoms with E-state index in [1.54, 1.807) is 7.11 Å². The smallest absolute Gasteiger partial charge is 0.133 e. The van der Waals surface area contributed by atoms with Gasteiger partial charge in [0.1, 0.15) is 5.75 Å². The zero-order chi connectivity index (χ0) is 14.7. The summed E-state index contributed by atoms with van der Waals surface area (Å²) in [6, 6.07) is 7.22. The van der Waals surface area contributed by atoms with E-state index in [2.05, 4.69) is 39.4 Å². The number of methoxy groups -OCH3 is 1. The molecule has 1 saturated carbocycles. The van der Waals surface area contributed by atoms with E-state index < -0.39 is 0 Å². The molecule has 0 unspecified atom stereocenters. The third-order valence-corrected chi connectivity index (χ3v) is 5.31. The highest BCUT2D eigenvalue weighted by Gasteiger charge is 2.34. The van der Waals surface area contributed by atoms with Crippen molar-refractivity contribution in [3.05, 3.63) is 28.2 Å². The minimum atomic E-state index is 0.342. The maximum absolute atomic E-state index is 5.59. The number of benzene rings is 1. The summed E-state index contributed by atoms with van der Waals surface area (Å²) in [7, 11) is 1.71. The van der Waals surface area contributed by atoms with Crippen molar-refractivity contribution in [1.82, 2.24) is 5.32 Å². The first kappa shape index (κ1) is 15.3. The van der Waals surface area contributed by atoms with Crippen molar-refractivity contribution in [2.24, 2.45) is 5.41 Å². The molecule has 1 saturated heterocycles. The molecule has 2 aliphatic rings. The van der Waals surface area contributed by atoms with Gasteiger partial charge < -0.3 is 14.8 Å². The van der Waals surface area contributed by atoms with Gasteiger partial charge in [0.15, 0.2) is 0 Å². The van der Waals surface area contributed by atoms with Gasteiger partial charge in [0, 0.05) is 25.8 Å². The van der Waals surface area contributed by atoms with Crippen LogP contribution in [-0.2, 0) is 11.2 Å². The highest BCUT2D eigenvalue weighted by Crippen LogP contribution is 2.36. The maximum atomic E-state index is 5.59. The lowest BCUT2D eigenvalue weighted by Crippen LogP contribution is -2.41. The van der Waals surface area contributed by atoms with Crippen LogP contribution in [0.2, 0.25) is 0 Å². The molecule has 3 rings (SSSR count). The fraction of sp³-hybridized carbons (Fsp3) is 0.647. The second-order valence-electron chi connectivity index (χ2n) is 6.41. The van der Waals surface area contributed by atoms with Crippen molar-refractivity contribution in [3.63, 3.8) is 0 Å². The first-order valence-corrected chi connectivity index (χ1v) is 8.64. The van der Waals surface area contributed by atoms with Crippen LogP contribution in [0.5, 0.6) is 5.75 Å². The van der Waals surface area contributed by atoms with Crippen LogP contribution in [-0.4, -0.2) is 32.9 Å². The van der Waals surface area contributed by atoms with Crippen molar-refractivity contribution >= 4 is 15.9 Å². The van der Waals surface area contributed by atoms with Crippen molar-refractivity contribution in [3.8, 4) is 5.75 Å². The third-order valence-electron chi connectivity index (χ3n) is 4.69. The Bertz CT molecular complexity index is 482. The van der Waals surface area contributed by atoms with Crippen LogP contribution < -0.4 is 10.1 Å². The van der Waals surface area contributed by atoms with Crippen LogP contribution in [0.1, 0.15) is 31.2 Å².